The van der Waals surface area contributed by atoms with Gasteiger partial charge in [-0.05, 0) is 43.3 Å². The lowest BCUT2D eigenvalue weighted by atomic mass is 10.2. The van der Waals surface area contributed by atoms with Gasteiger partial charge in [0.05, 0.1) is 0 Å². The predicted molar refractivity (Wildman–Crippen MR) is 106 cm³/mol. The van der Waals surface area contributed by atoms with Crippen LogP contribution in [0.25, 0.3) is 5.82 Å². The number of amides is 1. The summed E-state index contributed by atoms with van der Waals surface area (Å²) in [5.41, 5.74) is 0.714. The van der Waals surface area contributed by atoms with E-state index in [4.69, 9.17) is 0 Å². The van der Waals surface area contributed by atoms with Gasteiger partial charge < -0.3 is 9.80 Å². The number of piperazine rings is 1. The number of rotatable bonds is 3. The molecule has 2 aromatic heterocycles. The number of aromatic nitrogens is 4. The summed E-state index contributed by atoms with van der Waals surface area (Å²) in [4.78, 5) is 20.9. The van der Waals surface area contributed by atoms with Crippen molar-refractivity contribution >= 4 is 27.7 Å². The zero-order valence-corrected chi connectivity index (χ0v) is 16.5. The summed E-state index contributed by atoms with van der Waals surface area (Å²) >= 11 is 3.40. The number of nitrogens with zero attached hydrogens (tertiary/aromatic N) is 6. The van der Waals surface area contributed by atoms with Gasteiger partial charge in [0.25, 0.3) is 5.91 Å². The molecule has 3 aromatic rings. The number of carbonyl (C=O) groups is 1. The lowest BCUT2D eigenvalue weighted by molar-refractivity contribution is 0.0746. The Morgan fingerprint density at radius 2 is 1.63 bits per heavy atom. The third-order valence-electron chi connectivity index (χ3n) is 4.69. The monoisotopic (exact) mass is 426 g/mol. The first-order valence-electron chi connectivity index (χ1n) is 8.76. The van der Waals surface area contributed by atoms with E-state index in [9.17, 15) is 4.79 Å². The minimum absolute atomic E-state index is 0.0687. The summed E-state index contributed by atoms with van der Waals surface area (Å²) in [5, 5.41) is 8.67. The summed E-state index contributed by atoms with van der Waals surface area (Å²) in [6.45, 7) is 4.73. The third-order valence-corrected chi connectivity index (χ3v) is 5.22. The Balaban J connectivity index is 1.39. The molecule has 27 heavy (non-hydrogen) atoms. The summed E-state index contributed by atoms with van der Waals surface area (Å²) in [6.07, 6.45) is 3.61. The molecule has 138 valence electrons. The van der Waals surface area contributed by atoms with Gasteiger partial charge in [-0.3, -0.25) is 9.36 Å². The third kappa shape index (κ3) is 3.71. The molecule has 0 radical (unpaired) electrons. The fraction of sp³-hybridized carbons (Fsp3) is 0.263. The number of imidazole rings is 1. The van der Waals surface area contributed by atoms with E-state index >= 15 is 0 Å². The number of benzene rings is 1. The Morgan fingerprint density at radius 1 is 0.963 bits per heavy atom. The number of hydrogen-bond acceptors (Lipinski definition) is 5. The van der Waals surface area contributed by atoms with Crippen molar-refractivity contribution in [3.63, 3.8) is 0 Å². The summed E-state index contributed by atoms with van der Waals surface area (Å²) < 4.78 is 2.86. The van der Waals surface area contributed by atoms with Crippen LogP contribution in [-0.2, 0) is 0 Å². The van der Waals surface area contributed by atoms with Crippen LogP contribution >= 0.6 is 15.9 Å². The highest BCUT2D eigenvalue weighted by molar-refractivity contribution is 9.10. The lowest BCUT2D eigenvalue weighted by Crippen LogP contribution is -2.49. The van der Waals surface area contributed by atoms with Crippen molar-refractivity contribution in [3.05, 3.63) is 64.7 Å². The number of carbonyl (C=O) groups excluding carboxylic acids is 1. The van der Waals surface area contributed by atoms with Crippen molar-refractivity contribution in [1.29, 1.82) is 0 Å². The molecule has 7 nitrogen and oxygen atoms in total. The fourth-order valence-corrected chi connectivity index (χ4v) is 3.41. The molecular weight excluding hydrogens is 408 g/mol. The molecule has 1 amide bonds. The maximum absolute atomic E-state index is 12.6. The van der Waals surface area contributed by atoms with E-state index in [2.05, 4.69) is 36.0 Å². The van der Waals surface area contributed by atoms with Crippen LogP contribution < -0.4 is 4.90 Å². The summed E-state index contributed by atoms with van der Waals surface area (Å²) in [7, 11) is 0. The smallest absolute Gasteiger partial charge is 0.253 e. The molecule has 0 bridgehead atoms. The SMILES string of the molecule is Cc1nccn1-c1ccc(N2CCN(C(=O)c3ccc(Br)cc3)CC2)nn1. The Bertz CT molecular complexity index is 930. The van der Waals surface area contributed by atoms with Crippen molar-refractivity contribution in [1.82, 2.24) is 24.6 Å². The Morgan fingerprint density at radius 3 is 2.22 bits per heavy atom. The predicted octanol–water partition coefficient (Wildman–Crippen LogP) is 2.70. The van der Waals surface area contributed by atoms with E-state index in [1.807, 2.05) is 59.0 Å². The first kappa shape index (κ1) is 17.7. The molecule has 1 aromatic carbocycles. The van der Waals surface area contributed by atoms with Gasteiger partial charge in [-0.2, -0.15) is 0 Å². The van der Waals surface area contributed by atoms with Crippen molar-refractivity contribution in [2.45, 2.75) is 6.92 Å². The highest BCUT2D eigenvalue weighted by Crippen LogP contribution is 2.17. The Labute approximate surface area is 165 Å². The van der Waals surface area contributed by atoms with Crippen molar-refractivity contribution in [3.8, 4) is 5.82 Å². The summed E-state index contributed by atoms with van der Waals surface area (Å²) in [6, 6.07) is 11.4. The average molecular weight is 427 g/mol. The van der Waals surface area contributed by atoms with E-state index in [0.29, 0.717) is 18.7 Å². The molecule has 0 unspecified atom stereocenters. The normalized spacial score (nSPS) is 14.4. The summed E-state index contributed by atoms with van der Waals surface area (Å²) in [5.74, 6) is 2.52. The Hall–Kier alpha value is -2.74. The van der Waals surface area contributed by atoms with Gasteiger partial charge in [-0.1, -0.05) is 15.9 Å². The fourth-order valence-electron chi connectivity index (χ4n) is 3.15. The molecule has 1 saturated heterocycles. The molecular formula is C19H19BrN6O. The molecule has 0 N–H and O–H groups in total. The van der Waals surface area contributed by atoms with Gasteiger partial charge in [0.15, 0.2) is 11.6 Å². The van der Waals surface area contributed by atoms with Crippen molar-refractivity contribution < 1.29 is 4.79 Å². The van der Waals surface area contributed by atoms with Crippen LogP contribution in [0.5, 0.6) is 0 Å². The first-order chi connectivity index (χ1) is 13.1. The van der Waals surface area contributed by atoms with Crippen molar-refractivity contribution in [2.24, 2.45) is 0 Å². The second-order valence-electron chi connectivity index (χ2n) is 6.38. The number of aryl methyl sites for hydroxylation is 1. The van der Waals surface area contributed by atoms with E-state index in [1.165, 1.54) is 0 Å². The van der Waals surface area contributed by atoms with Gasteiger partial charge in [0.2, 0.25) is 0 Å². The minimum atomic E-state index is 0.0687. The van der Waals surface area contributed by atoms with Gasteiger partial charge in [-0.15, -0.1) is 10.2 Å². The topological polar surface area (TPSA) is 67.2 Å². The maximum atomic E-state index is 12.6. The molecule has 0 spiro atoms. The number of halogens is 1. The van der Waals surface area contributed by atoms with Crippen LogP contribution in [0.2, 0.25) is 0 Å². The zero-order chi connectivity index (χ0) is 18.8. The maximum Gasteiger partial charge on any atom is 0.253 e. The standard InChI is InChI=1S/C19H19BrN6O/c1-14-21-8-9-26(14)18-7-6-17(22-23-18)24-10-12-25(13-11-24)19(27)15-2-4-16(20)5-3-15/h2-9H,10-13H2,1H3. The molecule has 0 atom stereocenters. The largest absolute Gasteiger partial charge is 0.352 e. The molecule has 1 aliphatic heterocycles. The first-order valence-corrected chi connectivity index (χ1v) is 9.55. The van der Waals surface area contributed by atoms with E-state index < -0.39 is 0 Å². The van der Waals surface area contributed by atoms with Crippen LogP contribution in [0.1, 0.15) is 16.2 Å². The van der Waals surface area contributed by atoms with E-state index in [1.54, 1.807) is 6.20 Å². The second-order valence-corrected chi connectivity index (χ2v) is 7.30. The van der Waals surface area contributed by atoms with Crippen LogP contribution in [0.3, 0.4) is 0 Å². The van der Waals surface area contributed by atoms with Gasteiger partial charge in [-0.25, -0.2) is 4.98 Å². The Kier molecular flexibility index (Phi) is 4.89. The molecule has 3 heterocycles. The molecule has 0 saturated carbocycles. The van der Waals surface area contributed by atoms with Crippen LogP contribution in [-0.4, -0.2) is 56.7 Å². The van der Waals surface area contributed by atoms with Crippen LogP contribution in [0.4, 0.5) is 5.82 Å². The van der Waals surface area contributed by atoms with E-state index in [0.717, 1.165) is 35.0 Å². The number of hydrogen-bond donors (Lipinski definition) is 0. The zero-order valence-electron chi connectivity index (χ0n) is 14.9. The molecule has 0 aliphatic carbocycles. The molecule has 4 rings (SSSR count). The van der Waals surface area contributed by atoms with Gasteiger partial charge in [0, 0.05) is 48.6 Å². The van der Waals surface area contributed by atoms with Crippen molar-refractivity contribution in [2.75, 3.05) is 31.1 Å². The highest BCUT2D eigenvalue weighted by Gasteiger charge is 2.23. The number of anilines is 1. The van der Waals surface area contributed by atoms with E-state index in [-0.39, 0.29) is 5.91 Å². The molecule has 8 heteroatoms. The lowest BCUT2D eigenvalue weighted by Gasteiger charge is -2.35. The molecule has 1 fully saturated rings. The molecule has 1 aliphatic rings. The van der Waals surface area contributed by atoms with Gasteiger partial charge in [0.1, 0.15) is 5.82 Å². The minimum Gasteiger partial charge on any atom is -0.352 e. The highest BCUT2D eigenvalue weighted by atomic mass is 79.9. The van der Waals surface area contributed by atoms with Crippen LogP contribution in [0.15, 0.2) is 53.3 Å². The van der Waals surface area contributed by atoms with Gasteiger partial charge >= 0.3 is 0 Å². The van der Waals surface area contributed by atoms with Crippen LogP contribution in [0, 0.1) is 6.92 Å². The average Bonchev–Trinajstić information content (AvgIpc) is 3.14. The quantitative estimate of drug-likeness (QED) is 0.643. The second kappa shape index (κ2) is 7.48.